The van der Waals surface area contributed by atoms with Gasteiger partial charge in [0.15, 0.2) is 6.61 Å². The fraction of sp³-hybridized carbons (Fsp3) is 0.280. The topological polar surface area (TPSA) is 42.4 Å². The second-order valence-corrected chi connectivity index (χ2v) is 7.75. The van der Waals surface area contributed by atoms with Crippen LogP contribution in [0.4, 0.5) is 8.78 Å². The Labute approximate surface area is 180 Å². The molecular formula is C25H24F2N2O2. The van der Waals surface area contributed by atoms with E-state index in [-0.39, 0.29) is 30.4 Å². The summed E-state index contributed by atoms with van der Waals surface area (Å²) in [6.07, 6.45) is 3.65. The number of likely N-dealkylation sites (tertiary alicyclic amines) is 1. The lowest BCUT2D eigenvalue weighted by Crippen LogP contribution is -2.41. The average molecular weight is 422 g/mol. The third-order valence-corrected chi connectivity index (χ3v) is 5.59. The molecule has 1 aliphatic heterocycles. The van der Waals surface area contributed by atoms with Gasteiger partial charge in [0.25, 0.3) is 5.91 Å². The van der Waals surface area contributed by atoms with Crippen LogP contribution in [0.5, 0.6) is 5.75 Å². The van der Waals surface area contributed by atoms with Crippen LogP contribution in [0.15, 0.2) is 66.9 Å². The summed E-state index contributed by atoms with van der Waals surface area (Å²) in [4.78, 5) is 18.9. The van der Waals surface area contributed by atoms with Crippen molar-refractivity contribution in [1.29, 1.82) is 0 Å². The van der Waals surface area contributed by atoms with E-state index in [1.165, 1.54) is 18.2 Å². The monoisotopic (exact) mass is 422 g/mol. The molecule has 1 aliphatic rings. The molecule has 0 bridgehead atoms. The van der Waals surface area contributed by atoms with Crippen molar-refractivity contribution in [3.63, 3.8) is 0 Å². The maximum Gasteiger partial charge on any atom is 0.260 e. The number of carbonyl (C=O) groups excluding carboxylic acids is 1. The molecular weight excluding hydrogens is 398 g/mol. The van der Waals surface area contributed by atoms with Gasteiger partial charge in [-0.15, -0.1) is 0 Å². The standard InChI is InChI=1S/C25H24F2N2O2/c26-22-9-4-10-23(27)21(22)14-18-11-12-24(28-15-18)19-6-5-13-29(16-19)25(30)17-31-20-7-2-1-3-8-20/h1-4,7-12,15,19H,5-6,13-14,16-17H2/t19-/m1/s1. The normalized spacial score (nSPS) is 16.2. The van der Waals surface area contributed by atoms with Gasteiger partial charge in [-0.2, -0.15) is 0 Å². The van der Waals surface area contributed by atoms with E-state index in [9.17, 15) is 13.6 Å². The van der Waals surface area contributed by atoms with Gasteiger partial charge in [-0.25, -0.2) is 8.78 Å². The van der Waals surface area contributed by atoms with Gasteiger partial charge in [-0.05, 0) is 48.7 Å². The first-order valence-electron chi connectivity index (χ1n) is 10.4. The molecule has 4 rings (SSSR count). The first kappa shape index (κ1) is 21.0. The third-order valence-electron chi connectivity index (χ3n) is 5.59. The second-order valence-electron chi connectivity index (χ2n) is 7.75. The quantitative estimate of drug-likeness (QED) is 0.577. The number of piperidine rings is 1. The number of aromatic nitrogens is 1. The molecule has 3 aromatic rings. The van der Waals surface area contributed by atoms with Gasteiger partial charge in [0.1, 0.15) is 17.4 Å². The zero-order valence-electron chi connectivity index (χ0n) is 17.1. The van der Waals surface area contributed by atoms with Crippen molar-refractivity contribution in [2.75, 3.05) is 19.7 Å². The number of para-hydroxylation sites is 1. The highest BCUT2D eigenvalue weighted by molar-refractivity contribution is 5.78. The molecule has 1 aromatic heterocycles. The number of pyridine rings is 1. The van der Waals surface area contributed by atoms with E-state index in [2.05, 4.69) is 4.98 Å². The minimum absolute atomic E-state index is 0.0112. The van der Waals surface area contributed by atoms with Gasteiger partial charge in [0.05, 0.1) is 0 Å². The number of carbonyl (C=O) groups is 1. The molecule has 0 unspecified atom stereocenters. The van der Waals surface area contributed by atoms with Gasteiger partial charge in [-0.1, -0.05) is 30.3 Å². The Balaban J connectivity index is 1.36. The predicted molar refractivity (Wildman–Crippen MR) is 114 cm³/mol. The molecule has 2 aromatic carbocycles. The molecule has 0 N–H and O–H groups in total. The number of nitrogens with zero attached hydrogens (tertiary/aromatic N) is 2. The summed E-state index contributed by atoms with van der Waals surface area (Å²) < 4.78 is 33.4. The van der Waals surface area contributed by atoms with E-state index in [1.807, 2.05) is 47.4 Å². The maximum absolute atomic E-state index is 13.9. The number of rotatable bonds is 6. The molecule has 2 heterocycles. The number of ether oxygens (including phenoxy) is 1. The average Bonchev–Trinajstić information content (AvgIpc) is 2.81. The van der Waals surface area contributed by atoms with Crippen molar-refractivity contribution in [3.05, 3.63) is 95.3 Å². The summed E-state index contributed by atoms with van der Waals surface area (Å²) >= 11 is 0. The first-order valence-corrected chi connectivity index (χ1v) is 10.4. The molecule has 0 radical (unpaired) electrons. The predicted octanol–water partition coefficient (Wildman–Crippen LogP) is 4.74. The highest BCUT2D eigenvalue weighted by Gasteiger charge is 2.26. The summed E-state index contributed by atoms with van der Waals surface area (Å²) in [6, 6.07) is 16.9. The van der Waals surface area contributed by atoms with Crippen molar-refractivity contribution < 1.29 is 18.3 Å². The zero-order valence-corrected chi connectivity index (χ0v) is 17.1. The SMILES string of the molecule is O=C(COc1ccccc1)N1CCC[C@@H](c2ccc(Cc3c(F)cccc3F)cn2)C1. The maximum atomic E-state index is 13.9. The number of benzene rings is 2. The van der Waals surface area contributed by atoms with E-state index < -0.39 is 11.6 Å². The van der Waals surface area contributed by atoms with Gasteiger partial charge < -0.3 is 9.64 Å². The van der Waals surface area contributed by atoms with Crippen molar-refractivity contribution >= 4 is 5.91 Å². The van der Waals surface area contributed by atoms with Crippen LogP contribution in [0.3, 0.4) is 0 Å². The molecule has 31 heavy (non-hydrogen) atoms. The molecule has 6 heteroatoms. The molecule has 1 fully saturated rings. The molecule has 0 aliphatic carbocycles. The van der Waals surface area contributed by atoms with Crippen LogP contribution in [0.1, 0.15) is 35.6 Å². The lowest BCUT2D eigenvalue weighted by atomic mass is 9.93. The number of hydrogen-bond acceptors (Lipinski definition) is 3. The van der Waals surface area contributed by atoms with E-state index in [1.54, 1.807) is 6.20 Å². The van der Waals surface area contributed by atoms with E-state index >= 15 is 0 Å². The van der Waals surface area contributed by atoms with Crippen molar-refractivity contribution in [1.82, 2.24) is 9.88 Å². The Morgan fingerprint density at radius 2 is 1.81 bits per heavy atom. The first-order chi connectivity index (χ1) is 15.1. The van der Waals surface area contributed by atoms with Crippen LogP contribution in [0, 0.1) is 11.6 Å². The summed E-state index contributed by atoms with van der Waals surface area (Å²) in [6.45, 7) is 1.31. The lowest BCUT2D eigenvalue weighted by Gasteiger charge is -2.32. The van der Waals surface area contributed by atoms with Gasteiger partial charge in [-0.3, -0.25) is 9.78 Å². The number of amides is 1. The highest BCUT2D eigenvalue weighted by Crippen LogP contribution is 2.26. The molecule has 4 nitrogen and oxygen atoms in total. The van der Waals surface area contributed by atoms with Crippen LogP contribution in [-0.2, 0) is 11.2 Å². The van der Waals surface area contributed by atoms with E-state index in [0.29, 0.717) is 18.8 Å². The van der Waals surface area contributed by atoms with Crippen LogP contribution in [-0.4, -0.2) is 35.5 Å². The van der Waals surface area contributed by atoms with Crippen LogP contribution in [0.2, 0.25) is 0 Å². The fourth-order valence-corrected chi connectivity index (χ4v) is 3.89. The van der Waals surface area contributed by atoms with Gasteiger partial charge >= 0.3 is 0 Å². The smallest absolute Gasteiger partial charge is 0.260 e. The molecule has 160 valence electrons. The Kier molecular flexibility index (Phi) is 6.55. The Bertz CT molecular complexity index is 1010. The highest BCUT2D eigenvalue weighted by atomic mass is 19.1. The lowest BCUT2D eigenvalue weighted by molar-refractivity contribution is -0.134. The zero-order chi connectivity index (χ0) is 21.6. The summed E-state index contributed by atoms with van der Waals surface area (Å²) in [7, 11) is 0. The van der Waals surface area contributed by atoms with Crippen molar-refractivity contribution in [2.24, 2.45) is 0 Å². The molecule has 0 saturated carbocycles. The minimum atomic E-state index is -0.553. The second kappa shape index (κ2) is 9.69. The van der Waals surface area contributed by atoms with Crippen LogP contribution < -0.4 is 4.74 Å². The summed E-state index contributed by atoms with van der Waals surface area (Å²) in [5, 5.41) is 0. The number of halogens is 2. The van der Waals surface area contributed by atoms with Crippen LogP contribution in [0.25, 0.3) is 0 Å². The van der Waals surface area contributed by atoms with E-state index in [0.717, 1.165) is 24.1 Å². The van der Waals surface area contributed by atoms with Crippen LogP contribution >= 0.6 is 0 Å². The molecule has 1 amide bonds. The fourth-order valence-electron chi connectivity index (χ4n) is 3.89. The minimum Gasteiger partial charge on any atom is -0.484 e. The Morgan fingerprint density at radius 1 is 1.03 bits per heavy atom. The van der Waals surface area contributed by atoms with Gasteiger partial charge in [0, 0.05) is 42.9 Å². The molecule has 1 atom stereocenters. The molecule has 1 saturated heterocycles. The van der Waals surface area contributed by atoms with Crippen molar-refractivity contribution in [3.8, 4) is 5.75 Å². The van der Waals surface area contributed by atoms with Gasteiger partial charge in [0.2, 0.25) is 0 Å². The largest absolute Gasteiger partial charge is 0.484 e. The van der Waals surface area contributed by atoms with Crippen molar-refractivity contribution in [2.45, 2.75) is 25.2 Å². The summed E-state index contributed by atoms with van der Waals surface area (Å²) in [5.74, 6) is -0.340. The van der Waals surface area contributed by atoms with E-state index in [4.69, 9.17) is 4.74 Å². The molecule has 0 spiro atoms. The summed E-state index contributed by atoms with van der Waals surface area (Å²) in [5.41, 5.74) is 1.68. The third kappa shape index (κ3) is 5.26. The Hall–Kier alpha value is -3.28. The Morgan fingerprint density at radius 3 is 2.52 bits per heavy atom. The number of hydrogen-bond donors (Lipinski definition) is 0.